The van der Waals surface area contributed by atoms with Crippen LogP contribution in [0.4, 0.5) is 5.82 Å². The van der Waals surface area contributed by atoms with E-state index >= 15 is 0 Å². The van der Waals surface area contributed by atoms with Crippen LogP contribution in [0.15, 0.2) is 59.7 Å². The van der Waals surface area contributed by atoms with E-state index in [0.29, 0.717) is 34.1 Å². The smallest absolute Gasteiger partial charge is 0.168 e. The summed E-state index contributed by atoms with van der Waals surface area (Å²) in [6, 6.07) is 16.3. The Labute approximate surface area is 166 Å². The summed E-state index contributed by atoms with van der Waals surface area (Å²) in [6.07, 6.45) is 1.64. The van der Waals surface area contributed by atoms with Crippen molar-refractivity contribution in [1.29, 1.82) is 0 Å². The molecule has 0 fully saturated rings. The first-order valence-electron chi connectivity index (χ1n) is 7.97. The number of hydrogen-bond donors (Lipinski definition) is 1. The Hall–Kier alpha value is -2.83. The third-order valence-corrected chi connectivity index (χ3v) is 3.97. The number of methoxy groups -OCH3 is 1. The molecule has 6 nitrogen and oxygen atoms in total. The van der Waals surface area contributed by atoms with Gasteiger partial charge in [0.25, 0.3) is 0 Å². The maximum Gasteiger partial charge on any atom is 0.168 e. The first-order chi connectivity index (χ1) is 13.1. The number of benzene rings is 2. The summed E-state index contributed by atoms with van der Waals surface area (Å²) in [7, 11) is 1.59. The van der Waals surface area contributed by atoms with Crippen molar-refractivity contribution in [1.82, 2.24) is 10.2 Å². The zero-order chi connectivity index (χ0) is 19.1. The number of nitrogens with one attached hydrogen (secondary N) is 1. The molecule has 138 valence electrons. The zero-order valence-corrected chi connectivity index (χ0v) is 15.9. The van der Waals surface area contributed by atoms with Crippen LogP contribution >= 0.6 is 23.2 Å². The van der Waals surface area contributed by atoms with Gasteiger partial charge in [-0.2, -0.15) is 5.10 Å². The number of rotatable bonds is 7. The number of hydrazone groups is 1. The lowest BCUT2D eigenvalue weighted by atomic mass is 10.2. The molecular weight excluding hydrogens is 387 g/mol. The first kappa shape index (κ1) is 18.9. The molecule has 2 aromatic carbocycles. The van der Waals surface area contributed by atoms with E-state index in [1.807, 2.05) is 42.5 Å². The van der Waals surface area contributed by atoms with Gasteiger partial charge in [-0.25, -0.2) is 0 Å². The molecule has 0 aliphatic carbocycles. The predicted octanol–water partition coefficient (Wildman–Crippen LogP) is 4.82. The van der Waals surface area contributed by atoms with E-state index in [-0.39, 0.29) is 0 Å². The fourth-order valence-corrected chi connectivity index (χ4v) is 2.40. The summed E-state index contributed by atoms with van der Waals surface area (Å²) in [5, 5.41) is 12.7. The van der Waals surface area contributed by atoms with Gasteiger partial charge in [0.05, 0.1) is 13.3 Å². The lowest BCUT2D eigenvalue weighted by molar-refractivity contribution is 0.284. The fraction of sp³-hybridized carbons (Fsp3) is 0.105. The molecule has 1 aromatic heterocycles. The van der Waals surface area contributed by atoms with Gasteiger partial charge in [-0.15, -0.1) is 10.2 Å². The van der Waals surface area contributed by atoms with Gasteiger partial charge in [0.1, 0.15) is 6.61 Å². The second-order valence-electron chi connectivity index (χ2n) is 5.44. The highest BCUT2D eigenvalue weighted by atomic mass is 35.5. The quantitative estimate of drug-likeness (QED) is 0.453. The molecule has 0 amide bonds. The van der Waals surface area contributed by atoms with E-state index in [9.17, 15) is 0 Å². The van der Waals surface area contributed by atoms with Crippen LogP contribution in [0.2, 0.25) is 10.2 Å². The minimum atomic E-state index is 0.323. The summed E-state index contributed by atoms with van der Waals surface area (Å²) >= 11 is 11.6. The Balaban J connectivity index is 1.63. The molecule has 0 spiro atoms. The second kappa shape index (κ2) is 9.21. The van der Waals surface area contributed by atoms with Crippen molar-refractivity contribution in [2.75, 3.05) is 12.5 Å². The Morgan fingerprint density at radius 3 is 2.52 bits per heavy atom. The largest absolute Gasteiger partial charge is 0.493 e. The number of hydrogen-bond acceptors (Lipinski definition) is 6. The maximum atomic E-state index is 5.89. The van der Waals surface area contributed by atoms with E-state index in [1.54, 1.807) is 25.5 Å². The topological polar surface area (TPSA) is 68.6 Å². The third-order valence-electron chi connectivity index (χ3n) is 3.52. The summed E-state index contributed by atoms with van der Waals surface area (Å²) < 4.78 is 11.2. The predicted molar refractivity (Wildman–Crippen MR) is 107 cm³/mol. The molecule has 0 saturated heterocycles. The van der Waals surface area contributed by atoms with Crippen LogP contribution in [0.25, 0.3) is 0 Å². The minimum Gasteiger partial charge on any atom is -0.493 e. The van der Waals surface area contributed by atoms with Gasteiger partial charge in [0.15, 0.2) is 22.5 Å². The zero-order valence-electron chi connectivity index (χ0n) is 14.4. The summed E-state index contributed by atoms with van der Waals surface area (Å²) in [5.74, 6) is 1.74. The molecule has 27 heavy (non-hydrogen) atoms. The van der Waals surface area contributed by atoms with Gasteiger partial charge >= 0.3 is 0 Å². The van der Waals surface area contributed by atoms with Gasteiger partial charge in [-0.1, -0.05) is 35.3 Å². The van der Waals surface area contributed by atoms with Crippen LogP contribution in [-0.2, 0) is 6.61 Å². The van der Waals surface area contributed by atoms with Crippen LogP contribution < -0.4 is 14.9 Å². The highest BCUT2D eigenvalue weighted by Crippen LogP contribution is 2.28. The number of halogens is 2. The van der Waals surface area contributed by atoms with Crippen molar-refractivity contribution in [3.05, 3.63) is 75.9 Å². The van der Waals surface area contributed by atoms with E-state index in [2.05, 4.69) is 20.7 Å². The van der Waals surface area contributed by atoms with Gasteiger partial charge in [-0.05, 0) is 53.6 Å². The van der Waals surface area contributed by atoms with Crippen molar-refractivity contribution >= 4 is 35.2 Å². The second-order valence-corrected chi connectivity index (χ2v) is 6.26. The molecule has 0 radical (unpaired) electrons. The fourth-order valence-electron chi connectivity index (χ4n) is 2.17. The third kappa shape index (κ3) is 5.57. The molecule has 0 aliphatic heterocycles. The highest BCUT2D eigenvalue weighted by Gasteiger charge is 2.06. The number of ether oxygens (including phenoxy) is 2. The molecule has 3 aromatic rings. The highest BCUT2D eigenvalue weighted by molar-refractivity contribution is 6.30. The lowest BCUT2D eigenvalue weighted by Crippen LogP contribution is -1.99. The van der Waals surface area contributed by atoms with Crippen LogP contribution in [0.5, 0.6) is 11.5 Å². The van der Waals surface area contributed by atoms with Crippen LogP contribution in [0.3, 0.4) is 0 Å². The first-order valence-corrected chi connectivity index (χ1v) is 8.73. The van der Waals surface area contributed by atoms with Crippen LogP contribution in [0.1, 0.15) is 11.1 Å². The van der Waals surface area contributed by atoms with E-state index in [0.717, 1.165) is 11.1 Å². The summed E-state index contributed by atoms with van der Waals surface area (Å²) in [4.78, 5) is 0. The van der Waals surface area contributed by atoms with Crippen LogP contribution in [0, 0.1) is 0 Å². The normalized spacial score (nSPS) is 10.8. The van der Waals surface area contributed by atoms with Gasteiger partial charge < -0.3 is 9.47 Å². The Kier molecular flexibility index (Phi) is 6.46. The molecule has 3 rings (SSSR count). The van der Waals surface area contributed by atoms with Crippen LogP contribution in [-0.4, -0.2) is 23.5 Å². The van der Waals surface area contributed by atoms with E-state index in [4.69, 9.17) is 32.7 Å². The molecule has 1 heterocycles. The SMILES string of the molecule is COc1cc(/C=N/Nc2ccc(Cl)nn2)ccc1OCc1ccc(Cl)cc1. The number of anilines is 1. The van der Waals surface area contributed by atoms with E-state index in [1.165, 1.54) is 0 Å². The minimum absolute atomic E-state index is 0.323. The number of aromatic nitrogens is 2. The van der Waals surface area contributed by atoms with Crippen molar-refractivity contribution < 1.29 is 9.47 Å². The molecule has 0 aliphatic rings. The van der Waals surface area contributed by atoms with Crippen molar-refractivity contribution in [2.24, 2.45) is 5.10 Å². The lowest BCUT2D eigenvalue weighted by Gasteiger charge is -2.11. The average Bonchev–Trinajstić information content (AvgIpc) is 2.69. The van der Waals surface area contributed by atoms with Gasteiger partial charge in [0.2, 0.25) is 0 Å². The standard InChI is InChI=1S/C19H16Cl2N4O2/c1-26-17-10-14(11-22-24-19-9-8-18(21)23-25-19)4-7-16(17)27-12-13-2-5-15(20)6-3-13/h2-11H,12H2,1H3,(H,24,25)/b22-11+. The molecule has 8 heteroatoms. The average molecular weight is 403 g/mol. The maximum absolute atomic E-state index is 5.89. The van der Waals surface area contributed by atoms with Crippen molar-refractivity contribution in [3.8, 4) is 11.5 Å². The molecule has 0 unspecified atom stereocenters. The summed E-state index contributed by atoms with van der Waals surface area (Å²) in [6.45, 7) is 0.414. The van der Waals surface area contributed by atoms with Gasteiger partial charge in [0, 0.05) is 5.02 Å². The molecule has 0 saturated carbocycles. The molecule has 0 bridgehead atoms. The summed E-state index contributed by atoms with van der Waals surface area (Å²) in [5.41, 5.74) is 4.63. The Bertz CT molecular complexity index is 916. The van der Waals surface area contributed by atoms with Crippen molar-refractivity contribution in [2.45, 2.75) is 6.61 Å². The molecular formula is C19H16Cl2N4O2. The monoisotopic (exact) mass is 402 g/mol. The Morgan fingerprint density at radius 2 is 1.81 bits per heavy atom. The van der Waals surface area contributed by atoms with Gasteiger partial charge in [-0.3, -0.25) is 5.43 Å². The van der Waals surface area contributed by atoms with E-state index < -0.39 is 0 Å². The number of nitrogens with zero attached hydrogens (tertiary/aromatic N) is 3. The van der Waals surface area contributed by atoms with Crippen molar-refractivity contribution in [3.63, 3.8) is 0 Å². The Morgan fingerprint density at radius 1 is 1.00 bits per heavy atom. The molecule has 1 N–H and O–H groups in total. The molecule has 0 atom stereocenters.